The summed E-state index contributed by atoms with van der Waals surface area (Å²) in [5.74, 6) is 0.221. The molecule has 0 saturated carbocycles. The van der Waals surface area contributed by atoms with Crippen molar-refractivity contribution >= 4 is 35.5 Å². The number of rotatable bonds is 5. The van der Waals surface area contributed by atoms with Crippen LogP contribution in [0, 0.1) is 0 Å². The van der Waals surface area contributed by atoms with E-state index in [1.165, 1.54) is 0 Å². The van der Waals surface area contributed by atoms with Crippen molar-refractivity contribution in [2.24, 2.45) is 0 Å². The van der Waals surface area contributed by atoms with Gasteiger partial charge in [0.15, 0.2) is 5.78 Å². The van der Waals surface area contributed by atoms with E-state index in [4.69, 9.17) is 27.9 Å². The molecule has 1 aliphatic rings. The van der Waals surface area contributed by atoms with Crippen LogP contribution in [0.2, 0.25) is 10.0 Å². The summed E-state index contributed by atoms with van der Waals surface area (Å²) in [7, 11) is 0. The first-order chi connectivity index (χ1) is 11.5. The second-order valence-electron chi connectivity index (χ2n) is 5.77. The second-order valence-corrected chi connectivity index (χ2v) is 6.52. The molecular weight excluding hydrogens is 351 g/mol. The predicted molar refractivity (Wildman–Crippen MR) is 90.9 cm³/mol. The summed E-state index contributed by atoms with van der Waals surface area (Å²) in [6.45, 7) is 1.89. The molecule has 0 heterocycles. The van der Waals surface area contributed by atoms with E-state index in [9.17, 15) is 9.59 Å². The van der Waals surface area contributed by atoms with Gasteiger partial charge in [-0.1, -0.05) is 53.5 Å². The molecule has 0 aromatic heterocycles. The zero-order chi connectivity index (χ0) is 17.3. The van der Waals surface area contributed by atoms with Crippen LogP contribution in [0.15, 0.2) is 36.4 Å². The lowest BCUT2D eigenvalue weighted by Crippen LogP contribution is -2.29. The highest BCUT2D eigenvalue weighted by Crippen LogP contribution is 2.47. The summed E-state index contributed by atoms with van der Waals surface area (Å²) in [5, 5.41) is 0.301. The molecule has 0 amide bonds. The Morgan fingerprint density at radius 2 is 1.92 bits per heavy atom. The molecule has 0 saturated heterocycles. The van der Waals surface area contributed by atoms with Crippen molar-refractivity contribution in [1.29, 1.82) is 0 Å². The van der Waals surface area contributed by atoms with Gasteiger partial charge in [0.1, 0.15) is 10.8 Å². The Morgan fingerprint density at radius 3 is 2.58 bits per heavy atom. The first-order valence-electron chi connectivity index (χ1n) is 7.28. The Hall–Kier alpha value is -2.04. The third-order valence-electron chi connectivity index (χ3n) is 4.29. The summed E-state index contributed by atoms with van der Waals surface area (Å²) in [5.41, 5.74) is 1.41. The Kier molecular flexibility index (Phi) is 4.52. The maximum absolute atomic E-state index is 13.0. The van der Waals surface area contributed by atoms with Crippen molar-refractivity contribution < 1.29 is 19.1 Å². The number of Topliss-reactive ketones (excluding diaryl/α,β-unsaturated/α-hetero) is 1. The van der Waals surface area contributed by atoms with Crippen LogP contribution in [0.1, 0.15) is 28.4 Å². The Balaban J connectivity index is 2.02. The third kappa shape index (κ3) is 2.66. The summed E-state index contributed by atoms with van der Waals surface area (Å²) in [4.78, 5) is 23.2. The Labute approximate surface area is 149 Å². The van der Waals surface area contributed by atoms with Gasteiger partial charge in [0.05, 0.1) is 10.4 Å². The van der Waals surface area contributed by atoms with Gasteiger partial charge in [-0.05, 0) is 30.5 Å². The fourth-order valence-electron chi connectivity index (χ4n) is 3.04. The molecule has 2 aromatic rings. The fraction of sp³-hybridized carbons (Fsp3) is 0.222. The molecule has 0 radical (unpaired) electrons. The molecule has 4 nitrogen and oxygen atoms in total. The van der Waals surface area contributed by atoms with E-state index in [0.29, 0.717) is 12.0 Å². The van der Waals surface area contributed by atoms with Crippen molar-refractivity contribution in [3.05, 3.63) is 63.1 Å². The highest BCUT2D eigenvalue weighted by atomic mass is 35.5. The van der Waals surface area contributed by atoms with Crippen LogP contribution in [-0.2, 0) is 21.4 Å². The van der Waals surface area contributed by atoms with Crippen molar-refractivity contribution in [3.63, 3.8) is 0 Å². The molecule has 0 fully saturated rings. The summed E-state index contributed by atoms with van der Waals surface area (Å²) in [6, 6.07) is 11.2. The maximum atomic E-state index is 13.0. The van der Waals surface area contributed by atoms with E-state index in [2.05, 4.69) is 4.74 Å². The van der Waals surface area contributed by atoms with Gasteiger partial charge in [-0.25, -0.2) is 0 Å². The van der Waals surface area contributed by atoms with Crippen LogP contribution in [0.5, 0.6) is 5.75 Å². The van der Waals surface area contributed by atoms with Gasteiger partial charge < -0.3 is 9.47 Å². The van der Waals surface area contributed by atoms with E-state index < -0.39 is 5.41 Å². The van der Waals surface area contributed by atoms with E-state index in [1.54, 1.807) is 6.07 Å². The standard InChI is InChI=1S/C18H14Cl2O4/c1-18(12-5-3-2-4-6-12)8-11-7-13(24-10-23-9-21)15(19)16(20)14(11)17(18)22/h2-7,9H,8,10H2,1H3/t18-/m0/s1. The number of carbonyl (C=O) groups excluding carboxylic acids is 2. The van der Waals surface area contributed by atoms with Crippen LogP contribution in [0.3, 0.4) is 0 Å². The van der Waals surface area contributed by atoms with Crippen LogP contribution in [0.4, 0.5) is 0 Å². The molecule has 1 aliphatic carbocycles. The molecule has 24 heavy (non-hydrogen) atoms. The second kappa shape index (κ2) is 6.46. The van der Waals surface area contributed by atoms with E-state index in [0.717, 1.165) is 11.1 Å². The molecule has 0 bridgehead atoms. The van der Waals surface area contributed by atoms with Gasteiger partial charge in [0, 0.05) is 5.56 Å². The number of ketones is 1. The van der Waals surface area contributed by atoms with Gasteiger partial charge in [-0.2, -0.15) is 0 Å². The van der Waals surface area contributed by atoms with E-state index in [-0.39, 0.29) is 34.8 Å². The first kappa shape index (κ1) is 16.8. The van der Waals surface area contributed by atoms with Gasteiger partial charge in [-0.15, -0.1) is 0 Å². The summed E-state index contributed by atoms with van der Waals surface area (Å²) < 4.78 is 9.82. The van der Waals surface area contributed by atoms with E-state index >= 15 is 0 Å². The third-order valence-corrected chi connectivity index (χ3v) is 5.14. The lowest BCUT2D eigenvalue weighted by atomic mass is 9.79. The average molecular weight is 365 g/mol. The van der Waals surface area contributed by atoms with Crippen molar-refractivity contribution in [3.8, 4) is 5.75 Å². The van der Waals surface area contributed by atoms with Crippen molar-refractivity contribution in [2.75, 3.05) is 6.79 Å². The number of fused-ring (bicyclic) bond motifs is 1. The Morgan fingerprint density at radius 1 is 1.21 bits per heavy atom. The minimum atomic E-state index is -0.700. The van der Waals surface area contributed by atoms with Crippen molar-refractivity contribution in [1.82, 2.24) is 0 Å². The quantitative estimate of drug-likeness (QED) is 0.453. The topological polar surface area (TPSA) is 52.6 Å². The summed E-state index contributed by atoms with van der Waals surface area (Å²) >= 11 is 12.5. The summed E-state index contributed by atoms with van der Waals surface area (Å²) in [6.07, 6.45) is 0.493. The monoisotopic (exact) mass is 364 g/mol. The van der Waals surface area contributed by atoms with Crippen molar-refractivity contribution in [2.45, 2.75) is 18.8 Å². The molecular formula is C18H14Cl2O4. The highest BCUT2D eigenvalue weighted by molar-refractivity contribution is 6.45. The molecule has 3 rings (SSSR count). The average Bonchev–Trinajstić information content (AvgIpc) is 2.85. The fourth-order valence-corrected chi connectivity index (χ4v) is 3.55. The number of hydrogen-bond donors (Lipinski definition) is 0. The van der Waals surface area contributed by atoms with E-state index in [1.807, 2.05) is 37.3 Å². The zero-order valence-electron chi connectivity index (χ0n) is 12.8. The molecule has 0 unspecified atom stereocenters. The smallest absolute Gasteiger partial charge is 0.295 e. The minimum absolute atomic E-state index is 0.0636. The molecule has 124 valence electrons. The number of benzene rings is 2. The molecule has 2 aromatic carbocycles. The van der Waals surface area contributed by atoms with Gasteiger partial charge in [0.25, 0.3) is 6.47 Å². The molecule has 6 heteroatoms. The number of carbonyl (C=O) groups is 2. The Bertz CT molecular complexity index is 804. The van der Waals surface area contributed by atoms with Crippen LogP contribution < -0.4 is 4.74 Å². The van der Waals surface area contributed by atoms with Crippen LogP contribution >= 0.6 is 23.2 Å². The maximum Gasteiger partial charge on any atom is 0.295 e. The van der Waals surface area contributed by atoms with Crippen LogP contribution in [0.25, 0.3) is 0 Å². The van der Waals surface area contributed by atoms with Gasteiger partial charge in [0.2, 0.25) is 6.79 Å². The number of halogens is 2. The number of ether oxygens (including phenoxy) is 2. The van der Waals surface area contributed by atoms with Gasteiger partial charge in [-0.3, -0.25) is 9.59 Å². The lowest BCUT2D eigenvalue weighted by molar-refractivity contribution is -0.134. The normalized spacial score (nSPS) is 19.0. The van der Waals surface area contributed by atoms with Gasteiger partial charge >= 0.3 is 0 Å². The molecule has 1 atom stereocenters. The minimum Gasteiger partial charge on any atom is -0.456 e. The SMILES string of the molecule is C[C@@]1(c2ccccc2)Cc2cc(OCOC=O)c(Cl)c(Cl)c2C1=O. The molecule has 0 aliphatic heterocycles. The zero-order valence-corrected chi connectivity index (χ0v) is 14.4. The first-order valence-corrected chi connectivity index (χ1v) is 8.04. The molecule has 0 N–H and O–H groups in total. The van der Waals surface area contributed by atoms with Crippen LogP contribution in [-0.4, -0.2) is 19.0 Å². The molecule has 0 spiro atoms. The number of hydrogen-bond acceptors (Lipinski definition) is 4. The highest BCUT2D eigenvalue weighted by Gasteiger charge is 2.45. The lowest BCUT2D eigenvalue weighted by Gasteiger charge is -2.22. The largest absolute Gasteiger partial charge is 0.456 e. The predicted octanol–water partition coefficient (Wildman–Crippen LogP) is 4.20.